The molecule has 0 unspecified atom stereocenters. The van der Waals surface area contributed by atoms with Gasteiger partial charge < -0.3 is 4.74 Å². The molecular formula is C9H9NO. The van der Waals surface area contributed by atoms with E-state index >= 15 is 0 Å². The van der Waals surface area contributed by atoms with Gasteiger partial charge in [0.15, 0.2) is 0 Å². The number of rotatable bonds is 1. The Kier molecular flexibility index (Phi) is 2.12. The maximum Gasteiger partial charge on any atom is 0.119 e. The zero-order valence-electron chi connectivity index (χ0n) is 6.59. The highest BCUT2D eigenvalue weighted by atomic mass is 16.5. The Balaban J connectivity index is 3.12. The molecule has 0 saturated heterocycles. The van der Waals surface area contributed by atoms with E-state index in [4.69, 9.17) is 10.00 Å². The van der Waals surface area contributed by atoms with E-state index in [2.05, 4.69) is 6.07 Å². The highest BCUT2D eigenvalue weighted by Crippen LogP contribution is 2.15. The summed E-state index contributed by atoms with van der Waals surface area (Å²) in [5.41, 5.74) is 1.65. The van der Waals surface area contributed by atoms with Crippen LogP contribution in [0.3, 0.4) is 0 Å². The molecule has 2 heteroatoms. The first-order valence-electron chi connectivity index (χ1n) is 3.32. The predicted molar refractivity (Wildman–Crippen MR) is 42.4 cm³/mol. The van der Waals surface area contributed by atoms with Crippen molar-refractivity contribution in [1.29, 1.82) is 5.26 Å². The molecule has 1 aromatic rings. The SMILES string of the molecule is COc1ccc(C#N)c(C)c1. The topological polar surface area (TPSA) is 33.0 Å². The molecule has 0 radical (unpaired) electrons. The molecule has 0 aliphatic rings. The molecule has 0 heterocycles. The number of hydrogen-bond acceptors (Lipinski definition) is 2. The smallest absolute Gasteiger partial charge is 0.119 e. The standard InChI is InChI=1S/C9H9NO/c1-7-5-9(11-2)4-3-8(7)6-10/h3-5H,1-2H3. The van der Waals surface area contributed by atoms with Crippen LogP contribution >= 0.6 is 0 Å². The number of nitrogens with zero attached hydrogens (tertiary/aromatic N) is 1. The minimum atomic E-state index is 0.700. The third-order valence-electron chi connectivity index (χ3n) is 1.55. The van der Waals surface area contributed by atoms with Crippen LogP contribution in [0.1, 0.15) is 11.1 Å². The van der Waals surface area contributed by atoms with Crippen molar-refractivity contribution in [3.05, 3.63) is 29.3 Å². The number of aryl methyl sites for hydroxylation is 1. The molecule has 0 atom stereocenters. The van der Waals surface area contributed by atoms with Gasteiger partial charge in [0.05, 0.1) is 18.7 Å². The summed E-state index contributed by atoms with van der Waals surface area (Å²) in [6, 6.07) is 7.48. The first kappa shape index (κ1) is 7.62. The van der Waals surface area contributed by atoms with Crippen LogP contribution in [0.15, 0.2) is 18.2 Å². The van der Waals surface area contributed by atoms with Gasteiger partial charge in [-0.05, 0) is 30.7 Å². The average Bonchev–Trinajstić information content (AvgIpc) is 2.04. The zero-order chi connectivity index (χ0) is 8.27. The van der Waals surface area contributed by atoms with Crippen molar-refractivity contribution in [3.8, 4) is 11.8 Å². The van der Waals surface area contributed by atoms with Gasteiger partial charge in [-0.25, -0.2) is 0 Å². The van der Waals surface area contributed by atoms with Crippen molar-refractivity contribution in [1.82, 2.24) is 0 Å². The first-order valence-corrected chi connectivity index (χ1v) is 3.32. The van der Waals surface area contributed by atoms with Crippen molar-refractivity contribution in [2.75, 3.05) is 7.11 Å². The zero-order valence-corrected chi connectivity index (χ0v) is 6.59. The van der Waals surface area contributed by atoms with Gasteiger partial charge in [-0.15, -0.1) is 0 Å². The van der Waals surface area contributed by atoms with Crippen molar-refractivity contribution in [2.45, 2.75) is 6.92 Å². The lowest BCUT2D eigenvalue weighted by molar-refractivity contribution is 0.414. The van der Waals surface area contributed by atoms with E-state index in [0.29, 0.717) is 5.56 Å². The molecule has 0 aliphatic carbocycles. The Labute approximate surface area is 66.0 Å². The minimum absolute atomic E-state index is 0.700. The fourth-order valence-electron chi connectivity index (χ4n) is 0.889. The summed E-state index contributed by atoms with van der Waals surface area (Å²) in [6.45, 7) is 1.89. The third-order valence-corrected chi connectivity index (χ3v) is 1.55. The van der Waals surface area contributed by atoms with Gasteiger partial charge in [0.2, 0.25) is 0 Å². The van der Waals surface area contributed by atoms with E-state index in [1.807, 2.05) is 13.0 Å². The number of nitriles is 1. The first-order chi connectivity index (χ1) is 5.27. The second-order valence-electron chi connectivity index (χ2n) is 2.29. The minimum Gasteiger partial charge on any atom is -0.497 e. The fourth-order valence-corrected chi connectivity index (χ4v) is 0.889. The molecule has 0 saturated carbocycles. The van der Waals surface area contributed by atoms with Crippen LogP contribution in [0.2, 0.25) is 0 Å². The molecular weight excluding hydrogens is 138 g/mol. The summed E-state index contributed by atoms with van der Waals surface area (Å²) in [6.07, 6.45) is 0. The third kappa shape index (κ3) is 1.50. The normalized spacial score (nSPS) is 8.82. The molecule has 2 nitrogen and oxygen atoms in total. The number of methoxy groups -OCH3 is 1. The lowest BCUT2D eigenvalue weighted by atomic mass is 10.1. The van der Waals surface area contributed by atoms with Gasteiger partial charge in [-0.3, -0.25) is 0 Å². The van der Waals surface area contributed by atoms with E-state index in [1.165, 1.54) is 0 Å². The maximum atomic E-state index is 8.59. The van der Waals surface area contributed by atoms with Gasteiger partial charge in [-0.1, -0.05) is 0 Å². The maximum absolute atomic E-state index is 8.59. The van der Waals surface area contributed by atoms with Gasteiger partial charge in [0, 0.05) is 0 Å². The molecule has 0 fully saturated rings. The average molecular weight is 147 g/mol. The Morgan fingerprint density at radius 3 is 2.64 bits per heavy atom. The van der Waals surface area contributed by atoms with Gasteiger partial charge >= 0.3 is 0 Å². The molecule has 11 heavy (non-hydrogen) atoms. The fraction of sp³-hybridized carbons (Fsp3) is 0.222. The van der Waals surface area contributed by atoms with Gasteiger partial charge in [-0.2, -0.15) is 5.26 Å². The molecule has 1 aromatic carbocycles. The highest BCUT2D eigenvalue weighted by Gasteiger charge is 1.97. The van der Waals surface area contributed by atoms with E-state index in [-0.39, 0.29) is 0 Å². The van der Waals surface area contributed by atoms with Crippen LogP contribution in [-0.4, -0.2) is 7.11 Å². The Bertz CT molecular complexity index is 299. The van der Waals surface area contributed by atoms with Crippen LogP contribution in [0, 0.1) is 18.3 Å². The Morgan fingerprint density at radius 1 is 1.45 bits per heavy atom. The molecule has 0 aromatic heterocycles. The van der Waals surface area contributed by atoms with E-state index < -0.39 is 0 Å². The van der Waals surface area contributed by atoms with Gasteiger partial charge in [0.25, 0.3) is 0 Å². The second-order valence-corrected chi connectivity index (χ2v) is 2.29. The number of ether oxygens (including phenoxy) is 1. The summed E-state index contributed by atoms with van der Waals surface area (Å²) in [7, 11) is 1.61. The van der Waals surface area contributed by atoms with Crippen molar-refractivity contribution in [3.63, 3.8) is 0 Å². The monoisotopic (exact) mass is 147 g/mol. The lowest BCUT2D eigenvalue weighted by Gasteiger charge is -2.00. The van der Waals surface area contributed by atoms with Crippen molar-refractivity contribution >= 4 is 0 Å². The summed E-state index contributed by atoms with van der Waals surface area (Å²) in [4.78, 5) is 0. The van der Waals surface area contributed by atoms with Crippen LogP contribution in [0.5, 0.6) is 5.75 Å². The summed E-state index contributed by atoms with van der Waals surface area (Å²) in [5, 5.41) is 8.59. The van der Waals surface area contributed by atoms with Crippen LogP contribution < -0.4 is 4.74 Å². The largest absolute Gasteiger partial charge is 0.497 e. The van der Waals surface area contributed by atoms with Crippen LogP contribution in [0.25, 0.3) is 0 Å². The molecule has 0 N–H and O–H groups in total. The van der Waals surface area contributed by atoms with Gasteiger partial charge in [0.1, 0.15) is 5.75 Å². The molecule has 0 aliphatic heterocycles. The molecule has 0 bridgehead atoms. The quantitative estimate of drug-likeness (QED) is 0.607. The van der Waals surface area contributed by atoms with Crippen molar-refractivity contribution < 1.29 is 4.74 Å². The number of hydrogen-bond donors (Lipinski definition) is 0. The van der Waals surface area contributed by atoms with E-state index in [1.54, 1.807) is 19.2 Å². The Morgan fingerprint density at radius 2 is 2.18 bits per heavy atom. The molecule has 0 spiro atoms. The van der Waals surface area contributed by atoms with Crippen LogP contribution in [0.4, 0.5) is 0 Å². The molecule has 56 valence electrons. The Hall–Kier alpha value is -1.49. The van der Waals surface area contributed by atoms with E-state index in [9.17, 15) is 0 Å². The molecule has 0 amide bonds. The number of benzene rings is 1. The van der Waals surface area contributed by atoms with Crippen molar-refractivity contribution in [2.24, 2.45) is 0 Å². The van der Waals surface area contributed by atoms with E-state index in [0.717, 1.165) is 11.3 Å². The summed E-state index contributed by atoms with van der Waals surface area (Å²) < 4.78 is 4.99. The predicted octanol–water partition coefficient (Wildman–Crippen LogP) is 1.88. The molecule has 1 rings (SSSR count). The summed E-state index contributed by atoms with van der Waals surface area (Å²) in [5.74, 6) is 0.793. The summed E-state index contributed by atoms with van der Waals surface area (Å²) >= 11 is 0. The second kappa shape index (κ2) is 3.07. The van der Waals surface area contributed by atoms with Crippen LogP contribution in [-0.2, 0) is 0 Å². The highest BCUT2D eigenvalue weighted by molar-refractivity contribution is 5.41. The lowest BCUT2D eigenvalue weighted by Crippen LogP contribution is -1.86.